The Labute approximate surface area is 171 Å². The van der Waals surface area contributed by atoms with Crippen LogP contribution in [0.5, 0.6) is 0 Å². The van der Waals surface area contributed by atoms with E-state index in [9.17, 15) is 13.2 Å². The third-order valence-corrected chi connectivity index (χ3v) is 6.58. The molecule has 2 fully saturated rings. The third kappa shape index (κ3) is 5.20. The van der Waals surface area contributed by atoms with E-state index >= 15 is 0 Å². The van der Waals surface area contributed by atoms with Gasteiger partial charge in [0, 0.05) is 38.8 Å². The highest BCUT2D eigenvalue weighted by molar-refractivity contribution is 5.27. The molecule has 2 nitrogen and oxygen atoms in total. The normalized spacial score (nSPS) is 24.5. The van der Waals surface area contributed by atoms with Gasteiger partial charge in [-0.1, -0.05) is 42.5 Å². The zero-order valence-corrected chi connectivity index (χ0v) is 16.7. The highest BCUT2D eigenvalue weighted by Crippen LogP contribution is 2.36. The summed E-state index contributed by atoms with van der Waals surface area (Å²) in [5.41, 5.74) is 1.88. The molecule has 1 heterocycles. The summed E-state index contributed by atoms with van der Waals surface area (Å²) in [4.78, 5) is 5.16. The molecule has 0 spiro atoms. The van der Waals surface area contributed by atoms with Crippen molar-refractivity contribution in [3.63, 3.8) is 0 Å². The molecule has 1 aliphatic carbocycles. The average molecular weight is 403 g/mol. The number of alkyl halides is 3. The average Bonchev–Trinajstić information content (AvgIpc) is 2.75. The van der Waals surface area contributed by atoms with E-state index in [0.29, 0.717) is 12.0 Å². The van der Waals surface area contributed by atoms with Gasteiger partial charge < -0.3 is 0 Å². The quantitative estimate of drug-likeness (QED) is 0.662. The van der Waals surface area contributed by atoms with Gasteiger partial charge >= 0.3 is 6.18 Å². The van der Waals surface area contributed by atoms with Crippen molar-refractivity contribution < 1.29 is 13.2 Å². The van der Waals surface area contributed by atoms with Crippen LogP contribution in [0.15, 0.2) is 54.6 Å². The van der Waals surface area contributed by atoms with Crippen molar-refractivity contribution in [1.29, 1.82) is 0 Å². The topological polar surface area (TPSA) is 6.48 Å². The fourth-order valence-corrected chi connectivity index (χ4v) is 4.85. The molecule has 29 heavy (non-hydrogen) atoms. The van der Waals surface area contributed by atoms with Gasteiger partial charge in [-0.25, -0.2) is 0 Å². The molecule has 0 bridgehead atoms. The smallest absolute Gasteiger partial charge is 0.298 e. The van der Waals surface area contributed by atoms with E-state index in [1.54, 1.807) is 12.1 Å². The summed E-state index contributed by atoms with van der Waals surface area (Å²) in [5, 5.41) is 0. The summed E-state index contributed by atoms with van der Waals surface area (Å²) in [6.45, 7) is 5.46. The van der Waals surface area contributed by atoms with Crippen LogP contribution in [-0.4, -0.2) is 42.0 Å². The van der Waals surface area contributed by atoms with Crippen LogP contribution in [0.25, 0.3) is 0 Å². The lowest BCUT2D eigenvalue weighted by molar-refractivity contribution is -0.137. The van der Waals surface area contributed by atoms with Crippen LogP contribution in [0.1, 0.15) is 48.3 Å². The van der Waals surface area contributed by atoms with E-state index < -0.39 is 11.7 Å². The van der Waals surface area contributed by atoms with Crippen LogP contribution >= 0.6 is 0 Å². The van der Waals surface area contributed by atoms with Gasteiger partial charge in [-0.05, 0) is 54.9 Å². The van der Waals surface area contributed by atoms with Crippen LogP contribution in [0.3, 0.4) is 0 Å². The fraction of sp³-hybridized carbons (Fsp3) is 0.500. The molecule has 0 atom stereocenters. The van der Waals surface area contributed by atoms with Crippen molar-refractivity contribution in [2.75, 3.05) is 26.2 Å². The minimum Gasteiger partial charge on any atom is -0.298 e. The Balaban J connectivity index is 1.24. The fourth-order valence-electron chi connectivity index (χ4n) is 4.85. The van der Waals surface area contributed by atoms with Crippen molar-refractivity contribution >= 4 is 0 Å². The summed E-state index contributed by atoms with van der Waals surface area (Å²) < 4.78 is 38.3. The number of nitrogens with zero attached hydrogens (tertiary/aromatic N) is 2. The van der Waals surface area contributed by atoms with E-state index in [4.69, 9.17) is 0 Å². The summed E-state index contributed by atoms with van der Waals surface area (Å²) in [6, 6.07) is 17.1. The molecule has 0 unspecified atom stereocenters. The van der Waals surface area contributed by atoms with Crippen molar-refractivity contribution in [3.05, 3.63) is 71.3 Å². The van der Waals surface area contributed by atoms with Crippen LogP contribution in [0.4, 0.5) is 13.2 Å². The van der Waals surface area contributed by atoms with Gasteiger partial charge in [0.05, 0.1) is 5.56 Å². The van der Waals surface area contributed by atoms with Crippen LogP contribution < -0.4 is 0 Å². The van der Waals surface area contributed by atoms with Gasteiger partial charge in [-0.15, -0.1) is 0 Å². The predicted molar refractivity (Wildman–Crippen MR) is 110 cm³/mol. The van der Waals surface area contributed by atoms with Gasteiger partial charge in [0.1, 0.15) is 0 Å². The second-order valence-corrected chi connectivity index (χ2v) is 8.42. The molecular formula is C24H29F3N2. The SMILES string of the molecule is FC(F)(F)c1ccc(C2CCC(N3CCN(Cc4ccccc4)CC3)CC2)cc1. The zero-order valence-electron chi connectivity index (χ0n) is 16.7. The molecule has 2 aromatic rings. The first-order valence-corrected chi connectivity index (χ1v) is 10.7. The maximum absolute atomic E-state index is 12.8. The molecule has 5 heteroatoms. The molecule has 0 radical (unpaired) electrons. The van der Waals surface area contributed by atoms with Crippen LogP contribution in [0.2, 0.25) is 0 Å². The molecule has 2 aromatic carbocycles. The molecule has 2 aliphatic rings. The van der Waals surface area contributed by atoms with E-state index in [1.807, 2.05) is 0 Å². The first-order valence-electron chi connectivity index (χ1n) is 10.7. The number of piperazine rings is 1. The summed E-state index contributed by atoms with van der Waals surface area (Å²) in [5.74, 6) is 0.396. The molecule has 0 N–H and O–H groups in total. The van der Waals surface area contributed by atoms with E-state index in [0.717, 1.165) is 64.0 Å². The van der Waals surface area contributed by atoms with Gasteiger partial charge in [0.15, 0.2) is 0 Å². The van der Waals surface area contributed by atoms with Crippen molar-refractivity contribution in [2.24, 2.45) is 0 Å². The van der Waals surface area contributed by atoms with Gasteiger partial charge in [0.2, 0.25) is 0 Å². The Morgan fingerprint density at radius 2 is 1.38 bits per heavy atom. The number of benzene rings is 2. The molecule has 0 amide bonds. The standard InChI is InChI=1S/C24H29F3N2/c25-24(26,27)22-10-6-20(7-11-22)21-8-12-23(13-9-21)29-16-14-28(15-17-29)18-19-4-2-1-3-5-19/h1-7,10-11,21,23H,8-9,12-18H2. The first kappa shape index (κ1) is 20.4. The lowest BCUT2D eigenvalue weighted by Crippen LogP contribution is -2.50. The van der Waals surface area contributed by atoms with Crippen molar-refractivity contribution in [1.82, 2.24) is 9.80 Å². The highest BCUT2D eigenvalue weighted by atomic mass is 19.4. The molecule has 156 valence electrons. The highest BCUT2D eigenvalue weighted by Gasteiger charge is 2.31. The number of hydrogen-bond donors (Lipinski definition) is 0. The largest absolute Gasteiger partial charge is 0.416 e. The lowest BCUT2D eigenvalue weighted by Gasteiger charge is -2.42. The van der Waals surface area contributed by atoms with Gasteiger partial charge in [-0.2, -0.15) is 13.2 Å². The maximum atomic E-state index is 12.8. The minimum atomic E-state index is -4.25. The van der Waals surface area contributed by atoms with Crippen molar-refractivity contribution in [3.8, 4) is 0 Å². The van der Waals surface area contributed by atoms with E-state index in [1.165, 1.54) is 17.7 Å². The second kappa shape index (κ2) is 8.88. The summed E-state index contributed by atoms with van der Waals surface area (Å²) >= 11 is 0. The number of rotatable bonds is 4. The second-order valence-electron chi connectivity index (χ2n) is 8.42. The van der Waals surface area contributed by atoms with E-state index in [-0.39, 0.29) is 0 Å². The first-order chi connectivity index (χ1) is 14.0. The molecule has 1 aliphatic heterocycles. The monoisotopic (exact) mass is 402 g/mol. The maximum Gasteiger partial charge on any atom is 0.416 e. The third-order valence-electron chi connectivity index (χ3n) is 6.58. The number of hydrogen-bond acceptors (Lipinski definition) is 2. The molecule has 1 saturated carbocycles. The Morgan fingerprint density at radius 3 is 1.97 bits per heavy atom. The van der Waals surface area contributed by atoms with E-state index in [2.05, 4.69) is 40.1 Å². The lowest BCUT2D eigenvalue weighted by atomic mass is 9.81. The molecule has 1 saturated heterocycles. The van der Waals surface area contributed by atoms with Crippen LogP contribution in [-0.2, 0) is 12.7 Å². The molecule has 4 rings (SSSR count). The van der Waals surface area contributed by atoms with Crippen molar-refractivity contribution in [2.45, 2.75) is 50.4 Å². The Morgan fingerprint density at radius 1 is 0.759 bits per heavy atom. The Hall–Kier alpha value is -1.85. The zero-order chi connectivity index (χ0) is 20.3. The molecule has 0 aromatic heterocycles. The molecular weight excluding hydrogens is 373 g/mol. The summed E-state index contributed by atoms with van der Waals surface area (Å²) in [6.07, 6.45) is 0.175. The number of halogens is 3. The Kier molecular flexibility index (Phi) is 6.26. The van der Waals surface area contributed by atoms with Gasteiger partial charge in [0.25, 0.3) is 0 Å². The minimum absolute atomic E-state index is 0.396. The predicted octanol–water partition coefficient (Wildman–Crippen LogP) is 5.55. The van der Waals surface area contributed by atoms with Gasteiger partial charge in [-0.3, -0.25) is 9.80 Å². The summed E-state index contributed by atoms with van der Waals surface area (Å²) in [7, 11) is 0. The Bertz CT molecular complexity index is 757. The van der Waals surface area contributed by atoms with Crippen LogP contribution in [0, 0.1) is 0 Å².